The van der Waals surface area contributed by atoms with Crippen LogP contribution in [0.1, 0.15) is 18.1 Å². The summed E-state index contributed by atoms with van der Waals surface area (Å²) in [5, 5.41) is 8.69. The molecule has 0 aromatic carbocycles. The molecule has 0 aliphatic rings. The smallest absolute Gasteiger partial charge is 0.310 e. The quantitative estimate of drug-likeness (QED) is 0.731. The fourth-order valence-electron chi connectivity index (χ4n) is 1.11. The number of rotatable bonds is 3. The molecular formula is C10H11N3O2. The van der Waals surface area contributed by atoms with Gasteiger partial charge in [0.25, 0.3) is 0 Å². The number of carbonyl (C=O) groups excluding carboxylic acids is 1. The van der Waals surface area contributed by atoms with Crippen LogP contribution in [-0.4, -0.2) is 17.6 Å². The molecule has 0 amide bonds. The summed E-state index contributed by atoms with van der Waals surface area (Å²) in [5.74, 6) is -0.374. The van der Waals surface area contributed by atoms with Gasteiger partial charge >= 0.3 is 5.97 Å². The van der Waals surface area contributed by atoms with Gasteiger partial charge in [0.1, 0.15) is 6.07 Å². The molecule has 0 atom stereocenters. The number of aromatic nitrogens is 1. The van der Waals surface area contributed by atoms with Crippen LogP contribution in [0, 0.1) is 11.3 Å². The normalized spacial score (nSPS) is 9.33. The topological polar surface area (TPSA) is 89.0 Å². The molecule has 5 heteroatoms. The number of nitrogens with zero attached hydrogens (tertiary/aromatic N) is 2. The minimum Gasteiger partial charge on any atom is -0.466 e. The van der Waals surface area contributed by atoms with E-state index >= 15 is 0 Å². The molecule has 0 saturated heterocycles. The predicted octanol–water partition coefficient (Wildman–Crippen LogP) is 0.641. The molecule has 0 fully saturated rings. The fraction of sp³-hybridized carbons (Fsp3) is 0.300. The second-order valence-corrected chi connectivity index (χ2v) is 2.85. The Bertz CT molecular complexity index is 410. The number of nitriles is 1. The van der Waals surface area contributed by atoms with Gasteiger partial charge in [-0.25, -0.2) is 0 Å². The number of ether oxygens (including phenoxy) is 1. The van der Waals surface area contributed by atoms with E-state index in [9.17, 15) is 4.79 Å². The van der Waals surface area contributed by atoms with Crippen molar-refractivity contribution in [3.8, 4) is 6.07 Å². The lowest BCUT2D eigenvalue weighted by Gasteiger charge is -2.05. The summed E-state index contributed by atoms with van der Waals surface area (Å²) in [5.41, 5.74) is 6.76. The summed E-state index contributed by atoms with van der Waals surface area (Å²) in [6.07, 6.45) is 2.87. The van der Waals surface area contributed by atoms with E-state index in [1.807, 2.05) is 6.07 Å². The molecule has 2 N–H and O–H groups in total. The van der Waals surface area contributed by atoms with Crippen LogP contribution in [0.5, 0.6) is 0 Å². The molecule has 0 aliphatic heterocycles. The molecule has 5 nitrogen and oxygen atoms in total. The number of nitrogens with two attached hydrogens (primary N) is 1. The van der Waals surface area contributed by atoms with Crippen molar-refractivity contribution >= 4 is 11.7 Å². The van der Waals surface area contributed by atoms with E-state index < -0.39 is 0 Å². The van der Waals surface area contributed by atoms with Gasteiger partial charge in [-0.2, -0.15) is 5.26 Å². The van der Waals surface area contributed by atoms with Crippen molar-refractivity contribution in [3.63, 3.8) is 0 Å². The van der Waals surface area contributed by atoms with E-state index in [4.69, 9.17) is 15.7 Å². The lowest BCUT2D eigenvalue weighted by atomic mass is 10.1. The van der Waals surface area contributed by atoms with Gasteiger partial charge in [-0.15, -0.1) is 0 Å². The van der Waals surface area contributed by atoms with Crippen molar-refractivity contribution in [1.29, 1.82) is 5.26 Å². The fourth-order valence-corrected chi connectivity index (χ4v) is 1.11. The number of esters is 1. The van der Waals surface area contributed by atoms with Crippen LogP contribution in [0.2, 0.25) is 0 Å². The minimum absolute atomic E-state index is 0.0438. The van der Waals surface area contributed by atoms with Gasteiger partial charge in [-0.1, -0.05) is 0 Å². The zero-order valence-corrected chi connectivity index (χ0v) is 8.36. The van der Waals surface area contributed by atoms with E-state index in [0.717, 1.165) is 0 Å². The van der Waals surface area contributed by atoms with Crippen LogP contribution in [0.4, 0.5) is 5.69 Å². The Labute approximate surface area is 87.5 Å². The summed E-state index contributed by atoms with van der Waals surface area (Å²) in [6, 6.07) is 1.90. The Morgan fingerprint density at radius 3 is 3.00 bits per heavy atom. The van der Waals surface area contributed by atoms with Gasteiger partial charge < -0.3 is 10.5 Å². The third-order valence-corrected chi connectivity index (χ3v) is 1.83. The lowest BCUT2D eigenvalue weighted by Crippen LogP contribution is -2.10. The molecule has 15 heavy (non-hydrogen) atoms. The van der Waals surface area contributed by atoms with Crippen molar-refractivity contribution < 1.29 is 9.53 Å². The molecule has 1 heterocycles. The molecule has 0 spiro atoms. The number of nitrogen functional groups attached to an aromatic ring is 1. The van der Waals surface area contributed by atoms with E-state index in [1.165, 1.54) is 12.4 Å². The molecule has 78 valence electrons. The third kappa shape index (κ3) is 2.68. The van der Waals surface area contributed by atoms with Crippen molar-refractivity contribution in [3.05, 3.63) is 23.5 Å². The summed E-state index contributed by atoms with van der Waals surface area (Å²) in [4.78, 5) is 15.0. The number of carbonyl (C=O) groups is 1. The summed E-state index contributed by atoms with van der Waals surface area (Å²) >= 11 is 0. The molecule has 0 unspecified atom stereocenters. The highest BCUT2D eigenvalue weighted by Gasteiger charge is 2.10. The minimum atomic E-state index is -0.374. The number of hydrogen-bond acceptors (Lipinski definition) is 5. The molecular weight excluding hydrogens is 194 g/mol. The zero-order valence-electron chi connectivity index (χ0n) is 8.36. The SMILES string of the molecule is CCOC(=O)Cc1cncc(C#N)c1N. The molecule has 0 bridgehead atoms. The molecule has 1 aromatic heterocycles. The first-order valence-electron chi connectivity index (χ1n) is 4.47. The molecule has 0 aliphatic carbocycles. The van der Waals surface area contributed by atoms with E-state index in [0.29, 0.717) is 17.9 Å². The van der Waals surface area contributed by atoms with Gasteiger partial charge in [0.15, 0.2) is 0 Å². The van der Waals surface area contributed by atoms with E-state index in [2.05, 4.69) is 4.98 Å². The van der Waals surface area contributed by atoms with Gasteiger partial charge in [-0.3, -0.25) is 9.78 Å². The maximum absolute atomic E-state index is 11.2. The van der Waals surface area contributed by atoms with Gasteiger partial charge in [0.05, 0.1) is 24.3 Å². The van der Waals surface area contributed by atoms with Gasteiger partial charge in [0, 0.05) is 18.0 Å². The van der Waals surface area contributed by atoms with Crippen molar-refractivity contribution in [2.24, 2.45) is 0 Å². The second-order valence-electron chi connectivity index (χ2n) is 2.85. The largest absolute Gasteiger partial charge is 0.466 e. The molecule has 1 rings (SSSR count). The summed E-state index contributed by atoms with van der Waals surface area (Å²) in [6.45, 7) is 2.05. The maximum Gasteiger partial charge on any atom is 0.310 e. The van der Waals surface area contributed by atoms with Crippen LogP contribution in [0.3, 0.4) is 0 Å². The Morgan fingerprint density at radius 1 is 1.67 bits per heavy atom. The average Bonchev–Trinajstić information content (AvgIpc) is 2.21. The Hall–Kier alpha value is -2.09. The standard InChI is InChI=1S/C10H11N3O2/c1-2-15-9(14)3-7-5-13-6-8(4-11)10(7)12/h5-6H,2-3H2,1H3,(H2,12,13). The Balaban J connectivity index is 2.87. The highest BCUT2D eigenvalue weighted by atomic mass is 16.5. The maximum atomic E-state index is 11.2. The number of pyridine rings is 1. The Kier molecular flexibility index (Phi) is 3.63. The predicted molar refractivity (Wildman–Crippen MR) is 53.7 cm³/mol. The Morgan fingerprint density at radius 2 is 2.40 bits per heavy atom. The monoisotopic (exact) mass is 205 g/mol. The van der Waals surface area contributed by atoms with E-state index in [1.54, 1.807) is 6.92 Å². The zero-order chi connectivity index (χ0) is 11.3. The first-order chi connectivity index (χ1) is 7.19. The molecule has 0 radical (unpaired) electrons. The first-order valence-corrected chi connectivity index (χ1v) is 4.47. The number of hydrogen-bond donors (Lipinski definition) is 1. The average molecular weight is 205 g/mol. The van der Waals surface area contributed by atoms with Crippen molar-refractivity contribution in [2.45, 2.75) is 13.3 Å². The van der Waals surface area contributed by atoms with Gasteiger partial charge in [-0.05, 0) is 6.92 Å². The van der Waals surface area contributed by atoms with E-state index in [-0.39, 0.29) is 18.0 Å². The summed E-state index contributed by atoms with van der Waals surface area (Å²) in [7, 11) is 0. The highest BCUT2D eigenvalue weighted by Crippen LogP contribution is 2.15. The van der Waals surface area contributed by atoms with Crippen LogP contribution in [0.25, 0.3) is 0 Å². The van der Waals surface area contributed by atoms with Crippen LogP contribution < -0.4 is 5.73 Å². The van der Waals surface area contributed by atoms with Crippen LogP contribution in [0.15, 0.2) is 12.4 Å². The van der Waals surface area contributed by atoms with Crippen LogP contribution in [-0.2, 0) is 16.0 Å². The van der Waals surface area contributed by atoms with Gasteiger partial charge in [0.2, 0.25) is 0 Å². The first kappa shape index (κ1) is 11.0. The summed E-state index contributed by atoms with van der Waals surface area (Å²) < 4.78 is 4.77. The van der Waals surface area contributed by atoms with Crippen LogP contribution >= 0.6 is 0 Å². The van der Waals surface area contributed by atoms with Crippen molar-refractivity contribution in [2.75, 3.05) is 12.3 Å². The molecule has 0 saturated carbocycles. The lowest BCUT2D eigenvalue weighted by molar-refractivity contribution is -0.142. The van der Waals surface area contributed by atoms with Crippen molar-refractivity contribution in [1.82, 2.24) is 4.98 Å². The molecule has 1 aromatic rings. The highest BCUT2D eigenvalue weighted by molar-refractivity contribution is 5.75. The number of anilines is 1. The second kappa shape index (κ2) is 4.96. The third-order valence-electron chi connectivity index (χ3n) is 1.83.